The summed E-state index contributed by atoms with van der Waals surface area (Å²) in [6.45, 7) is 0.381. The van der Waals surface area contributed by atoms with Gasteiger partial charge in [-0.05, 0) is 36.4 Å². The summed E-state index contributed by atoms with van der Waals surface area (Å²) in [5.41, 5.74) is 0.296. The van der Waals surface area contributed by atoms with Crippen LogP contribution in [0.15, 0.2) is 50.9 Å². The smallest absolute Gasteiger partial charge is 0.325 e. The average molecular weight is 465 g/mol. The number of para-hydroxylation sites is 1. The van der Waals surface area contributed by atoms with E-state index in [2.05, 4.69) is 5.32 Å². The fraction of sp³-hybridized carbons (Fsp3) is 0.389. The number of benzene rings is 1. The van der Waals surface area contributed by atoms with Crippen LogP contribution in [0.5, 0.6) is 0 Å². The van der Waals surface area contributed by atoms with Gasteiger partial charge in [-0.25, -0.2) is 8.42 Å². The Hall–Kier alpha value is -1.56. The molecule has 1 aliphatic rings. The number of carbonyl (C=O) groups is 1. The minimum atomic E-state index is -4.32. The first kappa shape index (κ1) is 22.1. The minimum absolute atomic E-state index is 0.0456. The van der Waals surface area contributed by atoms with Crippen LogP contribution >= 0.6 is 23.1 Å². The third-order valence-electron chi connectivity index (χ3n) is 4.38. The lowest BCUT2D eigenvalue weighted by atomic mass is 9.99. The number of hydrogen-bond acceptors (Lipinski definition) is 5. The Morgan fingerprint density at radius 2 is 2.00 bits per heavy atom. The van der Waals surface area contributed by atoms with Gasteiger partial charge in [0.2, 0.25) is 5.91 Å². The lowest BCUT2D eigenvalue weighted by Crippen LogP contribution is -2.43. The van der Waals surface area contributed by atoms with Gasteiger partial charge in [0.15, 0.2) is 0 Å². The Bertz CT molecular complexity index is 947. The van der Waals surface area contributed by atoms with E-state index in [1.807, 2.05) is 0 Å². The van der Waals surface area contributed by atoms with E-state index in [1.54, 1.807) is 29.6 Å². The number of halogens is 3. The van der Waals surface area contributed by atoms with Crippen molar-refractivity contribution < 1.29 is 26.4 Å². The van der Waals surface area contributed by atoms with Crippen molar-refractivity contribution in [3.63, 3.8) is 0 Å². The summed E-state index contributed by atoms with van der Waals surface area (Å²) in [7, 11) is -3.65. The molecule has 2 heterocycles. The number of amides is 1. The van der Waals surface area contributed by atoms with Crippen LogP contribution < -0.4 is 5.32 Å². The summed E-state index contributed by atoms with van der Waals surface area (Å²) >= 11 is 1.72. The fourth-order valence-electron chi connectivity index (χ4n) is 3.00. The first-order valence-electron chi connectivity index (χ1n) is 8.80. The molecule has 3 rings (SSSR count). The van der Waals surface area contributed by atoms with Crippen molar-refractivity contribution in [3.05, 3.63) is 41.8 Å². The molecular weight excluding hydrogens is 445 g/mol. The van der Waals surface area contributed by atoms with Crippen molar-refractivity contribution in [3.8, 4) is 0 Å². The van der Waals surface area contributed by atoms with Crippen LogP contribution in [0.1, 0.15) is 12.8 Å². The van der Waals surface area contributed by atoms with E-state index in [9.17, 15) is 26.4 Å². The van der Waals surface area contributed by atoms with Crippen LogP contribution in [-0.2, 0) is 14.8 Å². The van der Waals surface area contributed by atoms with Gasteiger partial charge in [-0.1, -0.05) is 18.2 Å². The number of nitrogens with zero attached hydrogens (tertiary/aromatic N) is 1. The van der Waals surface area contributed by atoms with Crippen LogP contribution in [0.25, 0.3) is 0 Å². The number of thiophene rings is 1. The number of nitrogens with one attached hydrogen (secondary N) is 1. The van der Waals surface area contributed by atoms with Crippen molar-refractivity contribution in [2.75, 3.05) is 24.2 Å². The van der Waals surface area contributed by atoms with Gasteiger partial charge in [0.25, 0.3) is 10.0 Å². The van der Waals surface area contributed by atoms with Crippen molar-refractivity contribution in [1.29, 1.82) is 0 Å². The van der Waals surface area contributed by atoms with Gasteiger partial charge in [0.1, 0.15) is 4.21 Å². The molecular formula is C18H19F3N2O3S3. The Morgan fingerprint density at radius 3 is 2.69 bits per heavy atom. The number of piperidine rings is 1. The van der Waals surface area contributed by atoms with Crippen molar-refractivity contribution in [1.82, 2.24) is 4.31 Å². The molecule has 1 aliphatic heterocycles. The monoisotopic (exact) mass is 464 g/mol. The van der Waals surface area contributed by atoms with E-state index in [-0.39, 0.29) is 10.8 Å². The summed E-state index contributed by atoms with van der Waals surface area (Å²) in [5, 5.41) is 4.35. The molecule has 11 heteroatoms. The molecule has 0 radical (unpaired) electrons. The molecule has 0 saturated carbocycles. The largest absolute Gasteiger partial charge is 0.398 e. The Balaban J connectivity index is 1.68. The third-order valence-corrected chi connectivity index (χ3v) is 8.76. The maximum Gasteiger partial charge on any atom is 0.398 e. The lowest BCUT2D eigenvalue weighted by Gasteiger charge is -2.31. The van der Waals surface area contributed by atoms with Gasteiger partial charge < -0.3 is 5.32 Å². The molecule has 1 saturated heterocycles. The van der Waals surface area contributed by atoms with Gasteiger partial charge in [0, 0.05) is 18.0 Å². The molecule has 1 N–H and O–H groups in total. The van der Waals surface area contributed by atoms with Gasteiger partial charge in [-0.15, -0.1) is 23.1 Å². The van der Waals surface area contributed by atoms with E-state index in [0.29, 0.717) is 41.7 Å². The molecule has 0 spiro atoms. The average Bonchev–Trinajstić information content (AvgIpc) is 3.22. The predicted octanol–water partition coefficient (Wildman–Crippen LogP) is 4.44. The standard InChI is InChI=1S/C18H19F3N2O3S3/c19-18(20,21)12-28-15-7-2-1-6-14(15)22-17(24)13-5-3-9-23(11-13)29(25,26)16-8-4-10-27-16/h1-2,4,6-8,10,13H,3,5,9,11-12H2,(H,22,24). The van der Waals surface area contributed by atoms with Crippen molar-refractivity contribution in [2.45, 2.75) is 28.1 Å². The lowest BCUT2D eigenvalue weighted by molar-refractivity contribution is -0.120. The molecule has 29 heavy (non-hydrogen) atoms. The molecule has 0 aliphatic carbocycles. The molecule has 1 fully saturated rings. The molecule has 1 atom stereocenters. The van der Waals surface area contributed by atoms with E-state index in [1.165, 1.54) is 16.4 Å². The van der Waals surface area contributed by atoms with Crippen LogP contribution in [0.3, 0.4) is 0 Å². The van der Waals surface area contributed by atoms with E-state index >= 15 is 0 Å². The highest BCUT2D eigenvalue weighted by Gasteiger charge is 2.34. The molecule has 1 aromatic heterocycles. The van der Waals surface area contributed by atoms with Crippen molar-refractivity contribution in [2.24, 2.45) is 5.92 Å². The van der Waals surface area contributed by atoms with E-state index in [4.69, 9.17) is 0 Å². The summed E-state index contributed by atoms with van der Waals surface area (Å²) in [6, 6.07) is 9.46. The number of anilines is 1. The Kier molecular flexibility index (Phi) is 6.92. The highest BCUT2D eigenvalue weighted by Crippen LogP contribution is 2.33. The second-order valence-corrected chi connectivity index (χ2v) is 10.7. The van der Waals surface area contributed by atoms with Crippen LogP contribution in [0, 0.1) is 5.92 Å². The first-order chi connectivity index (χ1) is 13.7. The van der Waals surface area contributed by atoms with Crippen LogP contribution in [0.2, 0.25) is 0 Å². The molecule has 158 valence electrons. The fourth-order valence-corrected chi connectivity index (χ4v) is 6.44. The van der Waals surface area contributed by atoms with Gasteiger partial charge in [-0.3, -0.25) is 4.79 Å². The molecule has 1 amide bonds. The minimum Gasteiger partial charge on any atom is -0.325 e. The van der Waals surface area contributed by atoms with Crippen LogP contribution in [-0.4, -0.2) is 43.6 Å². The molecule has 1 aromatic carbocycles. The van der Waals surface area contributed by atoms with Gasteiger partial charge >= 0.3 is 6.18 Å². The van der Waals surface area contributed by atoms with Crippen LogP contribution in [0.4, 0.5) is 18.9 Å². The number of hydrogen-bond donors (Lipinski definition) is 1. The van der Waals surface area contributed by atoms with Gasteiger partial charge in [-0.2, -0.15) is 17.5 Å². The second-order valence-electron chi connectivity index (χ2n) is 6.52. The molecule has 0 bridgehead atoms. The zero-order chi connectivity index (χ0) is 21.1. The summed E-state index contributed by atoms with van der Waals surface area (Å²) < 4.78 is 64.5. The maximum absolute atomic E-state index is 12.7. The number of sulfonamides is 1. The number of thioether (sulfide) groups is 1. The van der Waals surface area contributed by atoms with E-state index < -0.39 is 33.8 Å². The second kappa shape index (κ2) is 9.07. The number of alkyl halides is 3. The summed E-state index contributed by atoms with van der Waals surface area (Å²) in [6.07, 6.45) is -3.27. The maximum atomic E-state index is 12.7. The highest BCUT2D eigenvalue weighted by molar-refractivity contribution is 7.99. The zero-order valence-electron chi connectivity index (χ0n) is 15.2. The Morgan fingerprint density at radius 1 is 1.24 bits per heavy atom. The topological polar surface area (TPSA) is 66.5 Å². The molecule has 5 nitrogen and oxygen atoms in total. The van der Waals surface area contributed by atoms with Crippen molar-refractivity contribution >= 4 is 44.7 Å². The Labute approximate surface area is 175 Å². The quantitative estimate of drug-likeness (QED) is 0.642. The highest BCUT2D eigenvalue weighted by atomic mass is 32.2. The summed E-state index contributed by atoms with van der Waals surface area (Å²) in [5.74, 6) is -2.02. The van der Waals surface area contributed by atoms with Gasteiger partial charge in [0.05, 0.1) is 17.4 Å². The third kappa shape index (κ3) is 5.74. The predicted molar refractivity (Wildman–Crippen MR) is 108 cm³/mol. The summed E-state index contributed by atoms with van der Waals surface area (Å²) in [4.78, 5) is 13.0. The molecule has 1 unspecified atom stereocenters. The van der Waals surface area contributed by atoms with E-state index in [0.717, 1.165) is 11.3 Å². The number of rotatable bonds is 6. The normalized spacial score (nSPS) is 18.5. The SMILES string of the molecule is O=C(Nc1ccccc1SCC(F)(F)F)C1CCCN(S(=O)(=O)c2cccs2)C1. The molecule has 2 aromatic rings. The zero-order valence-corrected chi connectivity index (χ0v) is 17.6. The number of carbonyl (C=O) groups excluding carboxylic acids is 1. The first-order valence-corrected chi connectivity index (χ1v) is 12.1.